The third-order valence-corrected chi connectivity index (χ3v) is 4.87. The van der Waals surface area contributed by atoms with Crippen molar-refractivity contribution in [3.8, 4) is 21.8 Å². The monoisotopic (exact) mass is 411 g/mol. The van der Waals surface area contributed by atoms with Crippen LogP contribution in [0.25, 0.3) is 21.8 Å². The molecule has 0 spiro atoms. The highest BCUT2D eigenvalue weighted by molar-refractivity contribution is 9.10. The van der Waals surface area contributed by atoms with E-state index in [1.165, 1.54) is 17.4 Å². The zero-order valence-electron chi connectivity index (χ0n) is 10.1. The third kappa shape index (κ3) is 2.71. The Hall–Kier alpha value is -1.04. The maximum Gasteiger partial charge on any atom is 0.134 e. The van der Waals surface area contributed by atoms with Gasteiger partial charge >= 0.3 is 0 Å². The van der Waals surface area contributed by atoms with Crippen LogP contribution in [0.15, 0.2) is 56.8 Å². The molecule has 0 saturated heterocycles. The minimum absolute atomic E-state index is 0.268. The van der Waals surface area contributed by atoms with Gasteiger partial charge in [-0.15, -0.1) is 11.3 Å². The second kappa shape index (κ2) is 5.76. The fourth-order valence-electron chi connectivity index (χ4n) is 1.84. The van der Waals surface area contributed by atoms with E-state index >= 15 is 0 Å². The van der Waals surface area contributed by atoms with E-state index in [0.717, 1.165) is 15.7 Å². The molecule has 1 nitrogen and oxygen atoms in total. The fourth-order valence-corrected chi connectivity index (χ4v) is 3.66. The summed E-state index contributed by atoms with van der Waals surface area (Å²) in [5.41, 5.74) is 2.39. The summed E-state index contributed by atoms with van der Waals surface area (Å²) in [5, 5.41) is 2.62. The zero-order chi connectivity index (χ0) is 14.1. The molecule has 1 heterocycles. The number of aromatic nitrogens is 1. The van der Waals surface area contributed by atoms with Gasteiger partial charge in [-0.25, -0.2) is 9.37 Å². The average molecular weight is 413 g/mol. The second-order valence-corrected chi connectivity index (χ2v) is 6.77. The van der Waals surface area contributed by atoms with E-state index in [1.54, 1.807) is 6.07 Å². The largest absolute Gasteiger partial charge is 0.236 e. The quantitative estimate of drug-likeness (QED) is 0.492. The molecule has 0 fully saturated rings. The summed E-state index contributed by atoms with van der Waals surface area (Å²) < 4.78 is 15.7. The van der Waals surface area contributed by atoms with Crippen molar-refractivity contribution in [2.24, 2.45) is 0 Å². The number of rotatable bonds is 2. The highest BCUT2D eigenvalue weighted by Crippen LogP contribution is 2.35. The molecule has 100 valence electrons. The first kappa shape index (κ1) is 13.9. The molecular formula is C15H8Br2FNS. The fraction of sp³-hybridized carbons (Fsp3) is 0. The Morgan fingerprint density at radius 2 is 1.75 bits per heavy atom. The summed E-state index contributed by atoms with van der Waals surface area (Å²) in [6.45, 7) is 0. The van der Waals surface area contributed by atoms with Gasteiger partial charge in [0.15, 0.2) is 0 Å². The van der Waals surface area contributed by atoms with Crippen LogP contribution < -0.4 is 0 Å². The Morgan fingerprint density at radius 1 is 1.00 bits per heavy atom. The molecule has 20 heavy (non-hydrogen) atoms. The van der Waals surface area contributed by atoms with Crippen LogP contribution in [0.1, 0.15) is 0 Å². The molecule has 0 saturated carbocycles. The number of halogens is 3. The summed E-state index contributed by atoms with van der Waals surface area (Å²) in [7, 11) is 0. The van der Waals surface area contributed by atoms with Crippen molar-refractivity contribution in [1.29, 1.82) is 0 Å². The first-order valence-electron chi connectivity index (χ1n) is 5.81. The molecule has 3 rings (SSSR count). The lowest BCUT2D eigenvalue weighted by atomic mass is 10.2. The Kier molecular flexibility index (Phi) is 4.01. The van der Waals surface area contributed by atoms with E-state index in [0.29, 0.717) is 15.0 Å². The normalized spacial score (nSPS) is 10.8. The summed E-state index contributed by atoms with van der Waals surface area (Å²) in [6.07, 6.45) is 0. The van der Waals surface area contributed by atoms with Crippen molar-refractivity contribution < 1.29 is 4.39 Å². The second-order valence-electron chi connectivity index (χ2n) is 4.14. The molecule has 5 heteroatoms. The SMILES string of the molecule is Fc1cccc(Br)c1-c1nc(-c2ccc(Br)cc2)cs1. The summed E-state index contributed by atoms with van der Waals surface area (Å²) in [5.74, 6) is -0.268. The lowest BCUT2D eigenvalue weighted by Gasteiger charge is -2.02. The van der Waals surface area contributed by atoms with Crippen LogP contribution in [0.2, 0.25) is 0 Å². The van der Waals surface area contributed by atoms with E-state index in [9.17, 15) is 4.39 Å². The van der Waals surface area contributed by atoms with Crippen LogP contribution in [0.3, 0.4) is 0 Å². The van der Waals surface area contributed by atoms with Crippen molar-refractivity contribution in [1.82, 2.24) is 4.98 Å². The zero-order valence-corrected chi connectivity index (χ0v) is 14.1. The van der Waals surface area contributed by atoms with Gasteiger partial charge in [-0.05, 0) is 40.2 Å². The van der Waals surface area contributed by atoms with Gasteiger partial charge in [0.05, 0.1) is 11.3 Å². The van der Waals surface area contributed by atoms with Crippen molar-refractivity contribution in [2.45, 2.75) is 0 Å². The Bertz CT molecular complexity index is 733. The number of hydrogen-bond acceptors (Lipinski definition) is 2. The smallest absolute Gasteiger partial charge is 0.134 e. The van der Waals surface area contributed by atoms with Crippen LogP contribution in [-0.2, 0) is 0 Å². The van der Waals surface area contributed by atoms with Crippen molar-refractivity contribution in [3.05, 3.63) is 62.6 Å². The predicted molar refractivity (Wildman–Crippen MR) is 88.3 cm³/mol. The first-order chi connectivity index (χ1) is 9.65. The van der Waals surface area contributed by atoms with E-state index in [-0.39, 0.29) is 5.82 Å². The molecule has 0 unspecified atom stereocenters. The topological polar surface area (TPSA) is 12.9 Å². The van der Waals surface area contributed by atoms with Crippen LogP contribution in [-0.4, -0.2) is 4.98 Å². The Balaban J connectivity index is 2.04. The third-order valence-electron chi connectivity index (χ3n) is 2.82. The van der Waals surface area contributed by atoms with Crippen LogP contribution in [0.5, 0.6) is 0 Å². The molecule has 1 aromatic heterocycles. The van der Waals surface area contributed by atoms with E-state index in [1.807, 2.05) is 35.7 Å². The summed E-state index contributed by atoms with van der Waals surface area (Å²) >= 11 is 8.22. The molecule has 0 aliphatic heterocycles. The molecule has 3 aromatic rings. The van der Waals surface area contributed by atoms with Gasteiger partial charge in [-0.3, -0.25) is 0 Å². The van der Waals surface area contributed by atoms with Crippen LogP contribution >= 0.6 is 43.2 Å². The number of hydrogen-bond donors (Lipinski definition) is 0. The number of thiazole rings is 1. The number of nitrogens with zero attached hydrogens (tertiary/aromatic N) is 1. The summed E-state index contributed by atoms with van der Waals surface area (Å²) in [6, 6.07) is 12.8. The maximum atomic E-state index is 13.9. The average Bonchev–Trinajstić information content (AvgIpc) is 2.89. The minimum atomic E-state index is -0.268. The van der Waals surface area contributed by atoms with Gasteiger partial charge in [0.2, 0.25) is 0 Å². The molecular weight excluding hydrogens is 405 g/mol. The van der Waals surface area contributed by atoms with Gasteiger partial charge in [-0.2, -0.15) is 0 Å². The molecule has 0 aliphatic carbocycles. The van der Waals surface area contributed by atoms with Crippen LogP contribution in [0.4, 0.5) is 4.39 Å². The molecule has 0 aliphatic rings. The Morgan fingerprint density at radius 3 is 2.45 bits per heavy atom. The molecule has 0 amide bonds. The molecule has 0 N–H and O–H groups in total. The van der Waals surface area contributed by atoms with E-state index in [2.05, 4.69) is 36.8 Å². The molecule has 2 aromatic carbocycles. The van der Waals surface area contributed by atoms with Gasteiger partial charge < -0.3 is 0 Å². The molecule has 0 radical (unpaired) electrons. The maximum absolute atomic E-state index is 13.9. The van der Waals surface area contributed by atoms with E-state index in [4.69, 9.17) is 0 Å². The molecule has 0 bridgehead atoms. The van der Waals surface area contributed by atoms with Crippen molar-refractivity contribution in [3.63, 3.8) is 0 Å². The standard InChI is InChI=1S/C15H8Br2FNS/c16-10-6-4-9(5-7-10)13-8-20-15(19-13)14-11(17)2-1-3-12(14)18/h1-8H. The van der Waals surface area contributed by atoms with Crippen molar-refractivity contribution >= 4 is 43.2 Å². The lowest BCUT2D eigenvalue weighted by Crippen LogP contribution is -1.85. The summed E-state index contributed by atoms with van der Waals surface area (Å²) in [4.78, 5) is 4.54. The van der Waals surface area contributed by atoms with Crippen molar-refractivity contribution in [2.75, 3.05) is 0 Å². The highest BCUT2D eigenvalue weighted by atomic mass is 79.9. The highest BCUT2D eigenvalue weighted by Gasteiger charge is 2.13. The van der Waals surface area contributed by atoms with E-state index < -0.39 is 0 Å². The first-order valence-corrected chi connectivity index (χ1v) is 8.27. The minimum Gasteiger partial charge on any atom is -0.236 e. The van der Waals surface area contributed by atoms with Gasteiger partial charge in [0.25, 0.3) is 0 Å². The lowest BCUT2D eigenvalue weighted by molar-refractivity contribution is 0.630. The predicted octanol–water partition coefficient (Wildman–Crippen LogP) is 6.14. The van der Waals surface area contributed by atoms with Gasteiger partial charge in [0.1, 0.15) is 10.8 Å². The molecule has 0 atom stereocenters. The van der Waals surface area contributed by atoms with Crippen LogP contribution in [0, 0.1) is 5.82 Å². The van der Waals surface area contributed by atoms with Gasteiger partial charge in [0, 0.05) is 19.9 Å². The number of benzene rings is 2. The van der Waals surface area contributed by atoms with Gasteiger partial charge in [-0.1, -0.05) is 34.1 Å². The Labute approximate surface area is 136 Å².